The maximum Gasteiger partial charge on any atom is 0.254 e. The van der Waals surface area contributed by atoms with Crippen molar-refractivity contribution in [3.05, 3.63) is 59.2 Å². The van der Waals surface area contributed by atoms with Crippen molar-refractivity contribution in [1.29, 1.82) is 0 Å². The number of hydrogen-bond donors (Lipinski definition) is 0. The van der Waals surface area contributed by atoms with Gasteiger partial charge in [-0.25, -0.2) is 4.39 Å². The molecule has 2 aliphatic carbocycles. The van der Waals surface area contributed by atoms with E-state index in [1.807, 2.05) is 41.3 Å². The minimum Gasteiger partial charge on any atom is -0.493 e. The molecule has 2 bridgehead atoms. The van der Waals surface area contributed by atoms with Crippen molar-refractivity contribution in [2.45, 2.75) is 49.4 Å². The normalized spacial score (nSPS) is 33.7. The van der Waals surface area contributed by atoms with E-state index in [2.05, 4.69) is 6.07 Å². The molecule has 150 valence electrons. The van der Waals surface area contributed by atoms with Crippen LogP contribution in [0.15, 0.2) is 42.5 Å². The Kier molecular flexibility index (Phi) is 3.57. The van der Waals surface area contributed by atoms with Crippen molar-refractivity contribution in [2.75, 3.05) is 13.7 Å². The number of likely N-dealkylation sites (tertiary alicyclic amines) is 1. The molecule has 1 spiro atoms. The topological polar surface area (TPSA) is 38.8 Å². The second-order valence-corrected chi connectivity index (χ2v) is 8.80. The van der Waals surface area contributed by atoms with Crippen molar-refractivity contribution >= 4 is 5.91 Å². The van der Waals surface area contributed by atoms with E-state index >= 15 is 4.39 Å². The number of alkyl halides is 1. The van der Waals surface area contributed by atoms with Crippen LogP contribution < -0.4 is 9.47 Å². The van der Waals surface area contributed by atoms with Crippen molar-refractivity contribution in [1.82, 2.24) is 4.90 Å². The summed E-state index contributed by atoms with van der Waals surface area (Å²) in [6, 6.07) is 13.6. The van der Waals surface area contributed by atoms with E-state index in [1.54, 1.807) is 7.11 Å². The summed E-state index contributed by atoms with van der Waals surface area (Å²) in [5.41, 5.74) is 2.73. The molecule has 4 nitrogen and oxygen atoms in total. The van der Waals surface area contributed by atoms with Crippen LogP contribution in [0.1, 0.15) is 40.7 Å². The lowest BCUT2D eigenvalue weighted by atomic mass is 9.51. The molecule has 2 aromatic rings. The molecule has 2 fully saturated rings. The van der Waals surface area contributed by atoms with Gasteiger partial charge in [-0.05, 0) is 55.4 Å². The van der Waals surface area contributed by atoms with E-state index in [1.165, 1.54) is 5.56 Å². The van der Waals surface area contributed by atoms with Crippen molar-refractivity contribution in [3.8, 4) is 11.5 Å². The van der Waals surface area contributed by atoms with Gasteiger partial charge in [0.25, 0.3) is 5.91 Å². The highest BCUT2D eigenvalue weighted by Crippen LogP contribution is 2.64. The Hall–Kier alpha value is -2.56. The average Bonchev–Trinajstić information content (AvgIpc) is 3.10. The fraction of sp³-hybridized carbons (Fsp3) is 0.458. The predicted octanol–water partition coefficient (Wildman–Crippen LogP) is 3.91. The number of piperidine rings is 1. The third-order valence-corrected chi connectivity index (χ3v) is 7.73. The van der Waals surface area contributed by atoms with Gasteiger partial charge in [-0.15, -0.1) is 0 Å². The Morgan fingerprint density at radius 1 is 1.21 bits per heavy atom. The standard InChI is InChI=1S/C24H24FNO3/c1-28-19-10-7-15-13-18-16-8-9-17(25)22-24(16,20(15)21(19)29-22)11-12-26(18)23(27)14-5-3-2-4-6-14/h2-7,10,16-18,22H,8-9,11-13H2,1H3/t16?,17?,18-,22+,24+/m0/s1. The van der Waals surface area contributed by atoms with Gasteiger partial charge in [0.2, 0.25) is 0 Å². The second-order valence-electron chi connectivity index (χ2n) is 8.80. The Balaban J connectivity index is 1.49. The van der Waals surface area contributed by atoms with Crippen molar-refractivity contribution in [3.63, 3.8) is 0 Å². The van der Waals surface area contributed by atoms with Crippen LogP contribution in [0.3, 0.4) is 0 Å². The molecular weight excluding hydrogens is 369 g/mol. The van der Waals surface area contributed by atoms with Crippen LogP contribution in [0.2, 0.25) is 0 Å². The third-order valence-electron chi connectivity index (χ3n) is 7.73. The summed E-state index contributed by atoms with van der Waals surface area (Å²) in [7, 11) is 1.64. The zero-order chi connectivity index (χ0) is 19.8. The maximum atomic E-state index is 15.1. The molecule has 1 saturated heterocycles. The van der Waals surface area contributed by atoms with Gasteiger partial charge in [0, 0.05) is 29.1 Å². The lowest BCUT2D eigenvalue weighted by Gasteiger charge is -2.58. The van der Waals surface area contributed by atoms with E-state index < -0.39 is 12.3 Å². The molecule has 5 atom stereocenters. The molecule has 0 aromatic heterocycles. The van der Waals surface area contributed by atoms with Gasteiger partial charge in [-0.3, -0.25) is 4.79 Å². The molecular formula is C24H24FNO3. The van der Waals surface area contributed by atoms with Crippen molar-refractivity contribution in [2.24, 2.45) is 5.92 Å². The van der Waals surface area contributed by atoms with Gasteiger partial charge in [0.05, 0.1) is 7.11 Å². The van der Waals surface area contributed by atoms with Crippen LogP contribution in [-0.2, 0) is 11.8 Å². The lowest BCUT2D eigenvalue weighted by molar-refractivity contribution is -0.0739. The number of carbonyl (C=O) groups is 1. The smallest absolute Gasteiger partial charge is 0.254 e. The number of benzene rings is 2. The molecule has 2 aliphatic heterocycles. The van der Waals surface area contributed by atoms with Gasteiger partial charge >= 0.3 is 0 Å². The largest absolute Gasteiger partial charge is 0.493 e. The number of carbonyl (C=O) groups excluding carboxylic acids is 1. The lowest BCUT2D eigenvalue weighted by Crippen LogP contribution is -2.67. The molecule has 1 amide bonds. The van der Waals surface area contributed by atoms with Crippen LogP contribution >= 0.6 is 0 Å². The first-order valence-electron chi connectivity index (χ1n) is 10.5. The molecule has 2 aromatic carbocycles. The summed E-state index contributed by atoms with van der Waals surface area (Å²) in [5, 5.41) is 0. The Labute approximate surface area is 169 Å². The summed E-state index contributed by atoms with van der Waals surface area (Å²) in [6.07, 6.45) is 1.37. The maximum absolute atomic E-state index is 15.1. The van der Waals surface area contributed by atoms with Gasteiger partial charge < -0.3 is 14.4 Å². The first kappa shape index (κ1) is 17.3. The quantitative estimate of drug-likeness (QED) is 0.777. The van der Waals surface area contributed by atoms with Gasteiger partial charge in [0.15, 0.2) is 11.5 Å². The minimum absolute atomic E-state index is 0.0838. The van der Waals surface area contributed by atoms with E-state index in [-0.39, 0.29) is 23.3 Å². The summed E-state index contributed by atoms with van der Waals surface area (Å²) < 4.78 is 27.0. The van der Waals surface area contributed by atoms with E-state index in [0.717, 1.165) is 36.1 Å². The zero-order valence-corrected chi connectivity index (χ0v) is 16.4. The number of halogens is 1. The molecule has 6 rings (SSSR count). The van der Waals surface area contributed by atoms with Crippen molar-refractivity contribution < 1.29 is 18.7 Å². The SMILES string of the molecule is COc1ccc2c3c1O[C@@H]1C(F)CCC4[C@H](C2)N(C(=O)c2ccccc2)CC[C@]341. The Morgan fingerprint density at radius 3 is 2.83 bits per heavy atom. The minimum atomic E-state index is -0.980. The number of hydrogen-bond acceptors (Lipinski definition) is 3. The first-order valence-corrected chi connectivity index (χ1v) is 10.5. The summed E-state index contributed by atoms with van der Waals surface area (Å²) in [6.45, 7) is 0.636. The zero-order valence-electron chi connectivity index (χ0n) is 16.4. The van der Waals surface area contributed by atoms with Crippen LogP contribution in [0, 0.1) is 5.92 Å². The fourth-order valence-corrected chi connectivity index (χ4v) is 6.63. The number of methoxy groups -OCH3 is 1. The van der Waals surface area contributed by atoms with Gasteiger partial charge in [-0.2, -0.15) is 0 Å². The molecule has 2 unspecified atom stereocenters. The molecule has 4 aliphatic rings. The summed E-state index contributed by atoms with van der Waals surface area (Å²) in [4.78, 5) is 15.4. The van der Waals surface area contributed by atoms with E-state index in [0.29, 0.717) is 18.7 Å². The average molecular weight is 393 g/mol. The first-order chi connectivity index (χ1) is 14.1. The highest BCUT2D eigenvalue weighted by Gasteiger charge is 2.66. The molecule has 29 heavy (non-hydrogen) atoms. The fourth-order valence-electron chi connectivity index (χ4n) is 6.63. The summed E-state index contributed by atoms with van der Waals surface area (Å²) >= 11 is 0. The molecule has 5 heteroatoms. The van der Waals surface area contributed by atoms with Gasteiger partial charge in [-0.1, -0.05) is 24.3 Å². The Morgan fingerprint density at radius 2 is 2.03 bits per heavy atom. The van der Waals surface area contributed by atoms with E-state index in [4.69, 9.17) is 9.47 Å². The number of amides is 1. The number of ether oxygens (including phenoxy) is 2. The molecule has 0 radical (unpaired) electrons. The number of nitrogens with zero attached hydrogens (tertiary/aromatic N) is 1. The molecule has 1 saturated carbocycles. The van der Waals surface area contributed by atoms with Crippen LogP contribution in [0.25, 0.3) is 0 Å². The van der Waals surface area contributed by atoms with Crippen LogP contribution in [0.5, 0.6) is 11.5 Å². The monoisotopic (exact) mass is 393 g/mol. The highest BCUT2D eigenvalue weighted by atomic mass is 19.1. The van der Waals surface area contributed by atoms with Crippen LogP contribution in [-0.4, -0.2) is 42.8 Å². The van der Waals surface area contributed by atoms with Gasteiger partial charge in [0.1, 0.15) is 12.3 Å². The number of rotatable bonds is 2. The molecule has 2 heterocycles. The summed E-state index contributed by atoms with van der Waals surface area (Å²) in [5.74, 6) is 1.74. The highest BCUT2D eigenvalue weighted by molar-refractivity contribution is 5.94. The Bertz CT molecular complexity index is 993. The third kappa shape index (κ3) is 2.11. The molecule has 0 N–H and O–H groups in total. The second kappa shape index (κ2) is 5.97. The van der Waals surface area contributed by atoms with Crippen LogP contribution in [0.4, 0.5) is 4.39 Å². The predicted molar refractivity (Wildman–Crippen MR) is 106 cm³/mol. The van der Waals surface area contributed by atoms with E-state index in [9.17, 15) is 4.79 Å².